The van der Waals surface area contributed by atoms with Gasteiger partial charge in [-0.15, -0.1) is 0 Å². The number of aromatic nitrogens is 3. The summed E-state index contributed by atoms with van der Waals surface area (Å²) in [7, 11) is 1.75. The Hall–Kier alpha value is -3.41. The molecule has 3 aromatic heterocycles. The largest absolute Gasteiger partial charge is 0.459 e. The molecule has 1 amide bonds. The van der Waals surface area contributed by atoms with Gasteiger partial charge in [-0.1, -0.05) is 18.2 Å². The van der Waals surface area contributed by atoms with Crippen molar-refractivity contribution in [3.63, 3.8) is 0 Å². The van der Waals surface area contributed by atoms with Crippen LogP contribution in [0.3, 0.4) is 0 Å². The van der Waals surface area contributed by atoms with E-state index in [2.05, 4.69) is 15.4 Å². The number of amides is 1. The Bertz CT molecular complexity index is 1030. The van der Waals surface area contributed by atoms with Crippen LogP contribution in [0, 0.1) is 6.92 Å². The zero-order valence-electron chi connectivity index (χ0n) is 14.5. The van der Waals surface area contributed by atoms with E-state index in [1.165, 1.54) is 0 Å². The lowest BCUT2D eigenvalue weighted by Gasteiger charge is -2.17. The van der Waals surface area contributed by atoms with E-state index in [-0.39, 0.29) is 5.91 Å². The number of furan rings is 1. The third-order valence-electron chi connectivity index (χ3n) is 4.28. The van der Waals surface area contributed by atoms with Crippen molar-refractivity contribution in [2.24, 2.45) is 7.05 Å². The van der Waals surface area contributed by atoms with Crippen LogP contribution in [0.4, 0.5) is 0 Å². The molecule has 4 rings (SSSR count). The molecule has 0 aliphatic heterocycles. The quantitative estimate of drug-likeness (QED) is 0.615. The highest BCUT2D eigenvalue weighted by molar-refractivity contribution is 5.93. The number of rotatable bonds is 4. The molecule has 1 N–H and O–H groups in total. The molecule has 6 heteroatoms. The van der Waals surface area contributed by atoms with E-state index in [1.54, 1.807) is 30.2 Å². The lowest BCUT2D eigenvalue weighted by atomic mass is 10.1. The zero-order chi connectivity index (χ0) is 18.1. The Labute approximate surface area is 150 Å². The molecule has 1 atom stereocenters. The van der Waals surface area contributed by atoms with Gasteiger partial charge in [0.05, 0.1) is 5.69 Å². The van der Waals surface area contributed by atoms with Crippen molar-refractivity contribution < 1.29 is 9.21 Å². The van der Waals surface area contributed by atoms with E-state index in [1.807, 2.05) is 49.4 Å². The minimum atomic E-state index is -0.423. The van der Waals surface area contributed by atoms with E-state index in [0.29, 0.717) is 11.5 Å². The van der Waals surface area contributed by atoms with E-state index in [9.17, 15) is 4.79 Å². The van der Waals surface area contributed by atoms with Gasteiger partial charge >= 0.3 is 0 Å². The molecule has 0 aliphatic carbocycles. The summed E-state index contributed by atoms with van der Waals surface area (Å²) < 4.78 is 7.58. The van der Waals surface area contributed by atoms with Gasteiger partial charge in [-0.2, -0.15) is 5.10 Å². The van der Waals surface area contributed by atoms with E-state index in [4.69, 9.17) is 4.42 Å². The number of carbonyl (C=O) groups excluding carboxylic acids is 1. The van der Waals surface area contributed by atoms with Crippen LogP contribution in [0.15, 0.2) is 65.3 Å². The Balaban J connectivity index is 1.74. The third kappa shape index (κ3) is 2.97. The Morgan fingerprint density at radius 1 is 1.15 bits per heavy atom. The first kappa shape index (κ1) is 16.1. The molecule has 6 nitrogen and oxygen atoms in total. The summed E-state index contributed by atoms with van der Waals surface area (Å²) in [5.74, 6) is 0.458. The molecule has 26 heavy (non-hydrogen) atoms. The number of aryl methyl sites for hydroxylation is 2. The fraction of sp³-hybridized carbons (Fsp3) is 0.150. The van der Waals surface area contributed by atoms with E-state index < -0.39 is 6.04 Å². The normalized spacial score (nSPS) is 12.2. The summed E-state index contributed by atoms with van der Waals surface area (Å²) in [5.41, 5.74) is 2.97. The standard InChI is InChI=1S/C20H18N4O2/c1-13-11-16(24(2)23-13)20(25)22-19(14-7-9-21-10-8-14)18-12-15-5-3-4-6-17(15)26-18/h3-12,19H,1-2H3,(H,22,25)/t19-/m0/s1. The molecule has 0 saturated heterocycles. The molecule has 4 aromatic rings. The maximum absolute atomic E-state index is 12.8. The summed E-state index contributed by atoms with van der Waals surface area (Å²) in [6, 6.07) is 14.8. The van der Waals surface area contributed by atoms with Crippen LogP contribution in [-0.4, -0.2) is 20.7 Å². The van der Waals surface area contributed by atoms with Gasteiger partial charge in [-0.05, 0) is 42.8 Å². The summed E-state index contributed by atoms with van der Waals surface area (Å²) in [6.45, 7) is 1.86. The number of carbonyl (C=O) groups is 1. The van der Waals surface area contributed by atoms with Crippen molar-refractivity contribution in [3.8, 4) is 0 Å². The number of nitrogens with one attached hydrogen (secondary N) is 1. The van der Waals surface area contributed by atoms with Gasteiger partial charge in [-0.25, -0.2) is 0 Å². The smallest absolute Gasteiger partial charge is 0.270 e. The lowest BCUT2D eigenvalue weighted by Crippen LogP contribution is -2.30. The van der Waals surface area contributed by atoms with Gasteiger partial charge in [-0.3, -0.25) is 14.5 Å². The van der Waals surface area contributed by atoms with Crippen molar-refractivity contribution in [3.05, 3.63) is 83.6 Å². The van der Waals surface area contributed by atoms with Gasteiger partial charge in [0.15, 0.2) is 0 Å². The number of fused-ring (bicyclic) bond motifs is 1. The molecule has 0 radical (unpaired) electrons. The molecular weight excluding hydrogens is 328 g/mol. The fourth-order valence-electron chi connectivity index (χ4n) is 3.05. The molecule has 0 spiro atoms. The Morgan fingerprint density at radius 3 is 2.62 bits per heavy atom. The number of nitrogens with zero attached hydrogens (tertiary/aromatic N) is 3. The van der Waals surface area contributed by atoms with Crippen LogP contribution in [0.2, 0.25) is 0 Å². The van der Waals surface area contributed by atoms with Gasteiger partial charge in [0.25, 0.3) is 5.91 Å². The van der Waals surface area contributed by atoms with Crippen LogP contribution in [-0.2, 0) is 7.05 Å². The molecule has 0 saturated carbocycles. The first-order valence-corrected chi connectivity index (χ1v) is 8.32. The molecule has 1 aromatic carbocycles. The van der Waals surface area contributed by atoms with E-state index >= 15 is 0 Å². The highest BCUT2D eigenvalue weighted by atomic mass is 16.3. The molecule has 3 heterocycles. The van der Waals surface area contributed by atoms with Crippen LogP contribution in [0.25, 0.3) is 11.0 Å². The van der Waals surface area contributed by atoms with Crippen molar-refractivity contribution in [1.29, 1.82) is 0 Å². The second kappa shape index (κ2) is 6.48. The van der Waals surface area contributed by atoms with Crippen LogP contribution >= 0.6 is 0 Å². The second-order valence-corrected chi connectivity index (χ2v) is 6.17. The van der Waals surface area contributed by atoms with Crippen LogP contribution in [0.5, 0.6) is 0 Å². The molecule has 0 unspecified atom stereocenters. The highest BCUT2D eigenvalue weighted by Gasteiger charge is 2.23. The highest BCUT2D eigenvalue weighted by Crippen LogP contribution is 2.28. The van der Waals surface area contributed by atoms with Crippen molar-refractivity contribution in [2.45, 2.75) is 13.0 Å². The monoisotopic (exact) mass is 346 g/mol. The summed E-state index contributed by atoms with van der Waals surface area (Å²) >= 11 is 0. The zero-order valence-corrected chi connectivity index (χ0v) is 14.5. The number of para-hydroxylation sites is 1. The molecule has 0 aliphatic rings. The Morgan fingerprint density at radius 2 is 1.92 bits per heavy atom. The molecule has 0 fully saturated rings. The second-order valence-electron chi connectivity index (χ2n) is 6.17. The average molecular weight is 346 g/mol. The van der Waals surface area contributed by atoms with Crippen molar-refractivity contribution in [2.75, 3.05) is 0 Å². The van der Waals surface area contributed by atoms with Gasteiger partial charge in [0, 0.05) is 24.8 Å². The third-order valence-corrected chi connectivity index (χ3v) is 4.28. The van der Waals surface area contributed by atoms with E-state index in [0.717, 1.165) is 22.2 Å². The maximum atomic E-state index is 12.8. The average Bonchev–Trinajstić information content (AvgIpc) is 3.22. The number of hydrogen-bond donors (Lipinski definition) is 1. The predicted octanol–water partition coefficient (Wildman–Crippen LogP) is 3.39. The van der Waals surface area contributed by atoms with Crippen molar-refractivity contribution in [1.82, 2.24) is 20.1 Å². The molecule has 130 valence electrons. The molecule has 0 bridgehead atoms. The summed E-state index contributed by atoms with van der Waals surface area (Å²) in [4.78, 5) is 16.9. The van der Waals surface area contributed by atoms with Crippen LogP contribution < -0.4 is 5.32 Å². The topological polar surface area (TPSA) is 73.0 Å². The summed E-state index contributed by atoms with van der Waals surface area (Å²) in [5, 5.41) is 8.29. The summed E-state index contributed by atoms with van der Waals surface area (Å²) in [6.07, 6.45) is 3.40. The minimum absolute atomic E-state index is 0.213. The number of pyridine rings is 1. The lowest BCUT2D eigenvalue weighted by molar-refractivity contribution is 0.0929. The number of hydrogen-bond acceptors (Lipinski definition) is 4. The SMILES string of the molecule is Cc1cc(C(=O)N[C@@H](c2ccncc2)c2cc3ccccc3o2)n(C)n1. The number of benzene rings is 1. The van der Waals surface area contributed by atoms with Crippen LogP contribution in [0.1, 0.15) is 33.5 Å². The first-order valence-electron chi connectivity index (χ1n) is 8.32. The van der Waals surface area contributed by atoms with Gasteiger partial charge in [0.2, 0.25) is 0 Å². The van der Waals surface area contributed by atoms with Gasteiger partial charge < -0.3 is 9.73 Å². The van der Waals surface area contributed by atoms with Crippen molar-refractivity contribution >= 4 is 16.9 Å². The predicted molar refractivity (Wildman–Crippen MR) is 97.7 cm³/mol. The maximum Gasteiger partial charge on any atom is 0.270 e. The molecular formula is C20H18N4O2. The minimum Gasteiger partial charge on any atom is -0.459 e. The first-order chi connectivity index (χ1) is 12.6. The van der Waals surface area contributed by atoms with Gasteiger partial charge in [0.1, 0.15) is 23.1 Å². The Kier molecular flexibility index (Phi) is 4.01. The fourth-order valence-corrected chi connectivity index (χ4v) is 3.05.